The number of anilines is 1. The maximum Gasteiger partial charge on any atom is 0.275 e. The Hall–Kier alpha value is -2.35. The third kappa shape index (κ3) is 3.14. The number of benzene rings is 1. The molecule has 0 saturated carbocycles. The summed E-state index contributed by atoms with van der Waals surface area (Å²) in [5, 5.41) is 9.07. The van der Waals surface area contributed by atoms with Gasteiger partial charge in [0.1, 0.15) is 13.2 Å². The van der Waals surface area contributed by atoms with Crippen molar-refractivity contribution in [2.45, 2.75) is 18.9 Å². The van der Waals surface area contributed by atoms with E-state index < -0.39 is 0 Å². The number of nitrogens with zero attached hydrogens (tertiary/aromatic N) is 3. The van der Waals surface area contributed by atoms with Gasteiger partial charge in [0.2, 0.25) is 0 Å². The van der Waals surface area contributed by atoms with Crippen LogP contribution in [-0.4, -0.2) is 52.7 Å². The summed E-state index contributed by atoms with van der Waals surface area (Å²) < 4.78 is 14.9. The Balaban J connectivity index is 1.42. The fourth-order valence-corrected chi connectivity index (χ4v) is 3.50. The van der Waals surface area contributed by atoms with Gasteiger partial charge in [-0.2, -0.15) is 0 Å². The van der Waals surface area contributed by atoms with Crippen LogP contribution in [0.1, 0.15) is 23.3 Å². The Morgan fingerprint density at radius 1 is 1.29 bits per heavy atom. The summed E-state index contributed by atoms with van der Waals surface area (Å²) in [7, 11) is 0. The predicted molar refractivity (Wildman–Crippen MR) is 89.9 cm³/mol. The lowest BCUT2D eigenvalue weighted by Crippen LogP contribution is -2.45. The molecule has 1 fully saturated rings. The van der Waals surface area contributed by atoms with E-state index in [0.29, 0.717) is 25.5 Å². The Morgan fingerprint density at radius 2 is 2.17 bits per heavy atom. The molecule has 126 valence electrons. The number of piperidine rings is 1. The molecule has 7 nitrogen and oxygen atoms in total. The number of amides is 1. The van der Waals surface area contributed by atoms with E-state index in [2.05, 4.69) is 14.9 Å². The highest BCUT2D eigenvalue weighted by molar-refractivity contribution is 7.03. The van der Waals surface area contributed by atoms with Crippen molar-refractivity contribution in [2.24, 2.45) is 0 Å². The first-order valence-electron chi connectivity index (χ1n) is 8.02. The third-order valence-electron chi connectivity index (χ3n) is 4.20. The van der Waals surface area contributed by atoms with Crippen molar-refractivity contribution in [3.05, 3.63) is 29.3 Å². The average Bonchev–Trinajstić information content (AvgIpc) is 3.16. The normalized spacial score (nSPS) is 19.8. The number of carbonyl (C=O) groups excluding carboxylic acids is 1. The summed E-state index contributed by atoms with van der Waals surface area (Å²) in [5.74, 6) is 1.50. The largest absolute Gasteiger partial charge is 0.486 e. The number of hydrogen-bond acceptors (Lipinski definition) is 7. The Morgan fingerprint density at radius 3 is 3.00 bits per heavy atom. The van der Waals surface area contributed by atoms with E-state index in [9.17, 15) is 4.79 Å². The number of fused-ring (bicyclic) bond motifs is 1. The number of nitrogens with one attached hydrogen (secondary N) is 1. The van der Waals surface area contributed by atoms with Gasteiger partial charge in [-0.1, -0.05) is 4.49 Å². The lowest BCUT2D eigenvalue weighted by molar-refractivity contribution is 0.0709. The van der Waals surface area contributed by atoms with Crippen molar-refractivity contribution >= 4 is 23.1 Å². The minimum absolute atomic E-state index is 0.0441. The smallest absolute Gasteiger partial charge is 0.275 e. The summed E-state index contributed by atoms with van der Waals surface area (Å²) >= 11 is 1.20. The van der Waals surface area contributed by atoms with Crippen LogP contribution in [0.2, 0.25) is 0 Å². The van der Waals surface area contributed by atoms with Crippen LogP contribution in [0.15, 0.2) is 23.6 Å². The van der Waals surface area contributed by atoms with Crippen molar-refractivity contribution in [3.63, 3.8) is 0 Å². The zero-order chi connectivity index (χ0) is 16.4. The molecule has 0 bridgehead atoms. The molecule has 1 aromatic heterocycles. The van der Waals surface area contributed by atoms with Gasteiger partial charge >= 0.3 is 0 Å². The highest BCUT2D eigenvalue weighted by atomic mass is 32.1. The molecule has 2 aliphatic rings. The topological polar surface area (TPSA) is 76.6 Å². The van der Waals surface area contributed by atoms with E-state index in [0.717, 1.165) is 36.6 Å². The van der Waals surface area contributed by atoms with Gasteiger partial charge in [-0.05, 0) is 36.5 Å². The van der Waals surface area contributed by atoms with E-state index in [4.69, 9.17) is 9.47 Å². The molecule has 1 atom stereocenters. The van der Waals surface area contributed by atoms with E-state index in [1.54, 1.807) is 5.38 Å². The second kappa shape index (κ2) is 6.64. The summed E-state index contributed by atoms with van der Waals surface area (Å²) in [4.78, 5) is 14.3. The second-order valence-electron chi connectivity index (χ2n) is 5.88. The lowest BCUT2D eigenvalue weighted by atomic mass is 10.0. The Bertz CT molecular complexity index is 722. The summed E-state index contributed by atoms with van der Waals surface area (Å²) in [6.07, 6.45) is 1.99. The predicted octanol–water partition coefficient (Wildman–Crippen LogP) is 2.03. The van der Waals surface area contributed by atoms with E-state index >= 15 is 0 Å². The van der Waals surface area contributed by atoms with Crippen molar-refractivity contribution in [3.8, 4) is 11.5 Å². The first kappa shape index (κ1) is 15.2. The molecule has 2 aromatic rings. The van der Waals surface area contributed by atoms with Gasteiger partial charge in [0.05, 0.1) is 0 Å². The van der Waals surface area contributed by atoms with Gasteiger partial charge in [-0.25, -0.2) is 0 Å². The van der Waals surface area contributed by atoms with Gasteiger partial charge in [-0.15, -0.1) is 5.10 Å². The van der Waals surface area contributed by atoms with Gasteiger partial charge in [0.15, 0.2) is 17.2 Å². The molecule has 24 heavy (non-hydrogen) atoms. The molecular formula is C16H18N4O3S. The zero-order valence-electron chi connectivity index (χ0n) is 13.1. The van der Waals surface area contributed by atoms with Crippen LogP contribution >= 0.6 is 11.5 Å². The molecule has 0 unspecified atom stereocenters. The number of likely N-dealkylation sites (tertiary alicyclic amines) is 1. The second-order valence-corrected chi connectivity index (χ2v) is 6.49. The maximum absolute atomic E-state index is 12.4. The van der Waals surface area contributed by atoms with Gasteiger partial charge in [-0.3, -0.25) is 4.79 Å². The summed E-state index contributed by atoms with van der Waals surface area (Å²) in [6.45, 7) is 2.58. The molecule has 0 spiro atoms. The average molecular weight is 346 g/mol. The molecule has 1 saturated heterocycles. The maximum atomic E-state index is 12.4. The highest BCUT2D eigenvalue weighted by Crippen LogP contribution is 2.33. The van der Waals surface area contributed by atoms with Crippen molar-refractivity contribution in [1.29, 1.82) is 0 Å². The zero-order valence-corrected chi connectivity index (χ0v) is 13.9. The van der Waals surface area contributed by atoms with Crippen molar-refractivity contribution < 1.29 is 14.3 Å². The monoisotopic (exact) mass is 346 g/mol. The van der Waals surface area contributed by atoms with Crippen LogP contribution in [0.3, 0.4) is 0 Å². The lowest BCUT2D eigenvalue weighted by Gasteiger charge is -2.33. The van der Waals surface area contributed by atoms with Crippen LogP contribution in [0.25, 0.3) is 0 Å². The van der Waals surface area contributed by atoms with Crippen molar-refractivity contribution in [2.75, 3.05) is 31.6 Å². The molecule has 3 heterocycles. The molecule has 2 aliphatic heterocycles. The molecule has 1 aromatic carbocycles. The Kier molecular flexibility index (Phi) is 4.20. The van der Waals surface area contributed by atoms with Crippen LogP contribution in [0.4, 0.5) is 5.69 Å². The molecule has 4 rings (SSSR count). The van der Waals surface area contributed by atoms with Gasteiger partial charge in [0, 0.05) is 36.3 Å². The summed E-state index contributed by atoms with van der Waals surface area (Å²) in [6, 6.07) is 6.07. The standard InChI is InChI=1S/C16H18N4O3S/c21-16(13-10-24-19-18-13)20-5-1-2-12(9-20)17-11-3-4-14-15(8-11)23-7-6-22-14/h3-4,8,10,12,17H,1-2,5-7,9H2/t12-/m0/s1. The van der Waals surface area contributed by atoms with Crippen LogP contribution < -0.4 is 14.8 Å². The number of ether oxygens (including phenoxy) is 2. The summed E-state index contributed by atoms with van der Waals surface area (Å²) in [5.41, 5.74) is 1.41. The number of aromatic nitrogens is 2. The SMILES string of the molecule is O=C(c1csnn1)N1CCC[C@H](Nc2ccc3c(c2)OCCO3)C1. The molecule has 1 amide bonds. The third-order valence-corrected chi connectivity index (χ3v) is 4.71. The number of carbonyl (C=O) groups is 1. The van der Waals surface area contributed by atoms with Crippen LogP contribution in [0.5, 0.6) is 11.5 Å². The van der Waals surface area contributed by atoms with Crippen molar-refractivity contribution in [1.82, 2.24) is 14.5 Å². The Labute approximate surface area is 143 Å². The fourth-order valence-electron chi connectivity index (χ4n) is 3.07. The number of hydrogen-bond donors (Lipinski definition) is 1. The van der Waals surface area contributed by atoms with Crippen LogP contribution in [-0.2, 0) is 0 Å². The molecule has 1 N–H and O–H groups in total. The fraction of sp³-hybridized carbons (Fsp3) is 0.438. The van der Waals surface area contributed by atoms with E-state index in [1.807, 2.05) is 23.1 Å². The van der Waals surface area contributed by atoms with Crippen LogP contribution in [0, 0.1) is 0 Å². The molecule has 8 heteroatoms. The van der Waals surface area contributed by atoms with Gasteiger partial charge < -0.3 is 19.7 Å². The minimum Gasteiger partial charge on any atom is -0.486 e. The molecule has 0 aliphatic carbocycles. The first-order chi connectivity index (χ1) is 11.8. The number of rotatable bonds is 3. The van der Waals surface area contributed by atoms with E-state index in [-0.39, 0.29) is 11.9 Å². The molecule has 0 radical (unpaired) electrons. The van der Waals surface area contributed by atoms with E-state index in [1.165, 1.54) is 11.5 Å². The quantitative estimate of drug-likeness (QED) is 0.916. The highest BCUT2D eigenvalue weighted by Gasteiger charge is 2.26. The van der Waals surface area contributed by atoms with Gasteiger partial charge in [0.25, 0.3) is 5.91 Å². The first-order valence-corrected chi connectivity index (χ1v) is 8.86. The molecular weight excluding hydrogens is 328 g/mol. The minimum atomic E-state index is -0.0441.